The van der Waals surface area contributed by atoms with Crippen molar-refractivity contribution in [1.82, 2.24) is 9.88 Å². The zero-order chi connectivity index (χ0) is 16.1. The maximum atomic E-state index is 11.8. The zero-order valence-electron chi connectivity index (χ0n) is 13.0. The van der Waals surface area contributed by atoms with Gasteiger partial charge < -0.3 is 14.4 Å². The van der Waals surface area contributed by atoms with Crippen LogP contribution >= 0.6 is 0 Å². The van der Waals surface area contributed by atoms with Crippen molar-refractivity contribution in [2.75, 3.05) is 14.1 Å². The molecule has 1 aliphatic rings. The lowest BCUT2D eigenvalue weighted by Crippen LogP contribution is -2.22. The largest absolute Gasteiger partial charge is 0.481 e. The molecule has 6 heteroatoms. The van der Waals surface area contributed by atoms with Gasteiger partial charge in [0.2, 0.25) is 0 Å². The monoisotopic (exact) mass is 306 g/mol. The highest BCUT2D eigenvalue weighted by Crippen LogP contribution is 2.29. The first-order valence-corrected chi connectivity index (χ1v) is 7.53. The molecule has 0 saturated heterocycles. The van der Waals surface area contributed by atoms with Gasteiger partial charge in [-0.2, -0.15) is 0 Å². The second kappa shape index (κ2) is 7.24. The molecule has 1 amide bonds. The van der Waals surface area contributed by atoms with E-state index >= 15 is 0 Å². The van der Waals surface area contributed by atoms with E-state index in [0.29, 0.717) is 18.2 Å². The van der Waals surface area contributed by atoms with Crippen molar-refractivity contribution in [2.24, 2.45) is 5.92 Å². The van der Waals surface area contributed by atoms with Crippen LogP contribution in [0.25, 0.3) is 0 Å². The van der Waals surface area contributed by atoms with Gasteiger partial charge in [-0.1, -0.05) is 18.6 Å². The molecular formula is C16H22N2O4. The van der Waals surface area contributed by atoms with E-state index in [4.69, 9.17) is 9.52 Å². The fourth-order valence-corrected chi connectivity index (χ4v) is 2.35. The SMILES string of the molecule is CN(C)C(=O)c1coc([C@H](C/C=C\C2CCC2)CC(=O)O)n1. The van der Waals surface area contributed by atoms with Crippen LogP contribution in [0.4, 0.5) is 0 Å². The lowest BCUT2D eigenvalue weighted by atomic mass is 9.85. The molecule has 1 N–H and O–H groups in total. The maximum absolute atomic E-state index is 11.8. The Morgan fingerprint density at radius 2 is 2.23 bits per heavy atom. The first kappa shape index (κ1) is 16.3. The van der Waals surface area contributed by atoms with Gasteiger partial charge in [-0.05, 0) is 25.2 Å². The van der Waals surface area contributed by atoms with Crippen LogP contribution in [0.5, 0.6) is 0 Å². The number of carboxylic acid groups (broad SMARTS) is 1. The predicted octanol–water partition coefficient (Wildman–Crippen LogP) is 2.68. The second-order valence-electron chi connectivity index (χ2n) is 5.92. The summed E-state index contributed by atoms with van der Waals surface area (Å²) in [5, 5.41) is 9.05. The number of carbonyl (C=O) groups excluding carboxylic acids is 1. The average Bonchev–Trinajstić information content (AvgIpc) is 2.88. The molecule has 0 spiro atoms. The van der Waals surface area contributed by atoms with E-state index in [-0.39, 0.29) is 23.9 Å². The van der Waals surface area contributed by atoms with Crippen LogP contribution in [0.2, 0.25) is 0 Å². The third-order valence-corrected chi connectivity index (χ3v) is 3.90. The van der Waals surface area contributed by atoms with Gasteiger partial charge in [-0.15, -0.1) is 0 Å². The summed E-state index contributed by atoms with van der Waals surface area (Å²) in [6, 6.07) is 0. The lowest BCUT2D eigenvalue weighted by molar-refractivity contribution is -0.137. The molecule has 0 aliphatic heterocycles. The summed E-state index contributed by atoms with van der Waals surface area (Å²) in [6.07, 6.45) is 9.62. The van der Waals surface area contributed by atoms with Gasteiger partial charge >= 0.3 is 5.97 Å². The van der Waals surface area contributed by atoms with Crippen molar-refractivity contribution < 1.29 is 19.1 Å². The van der Waals surface area contributed by atoms with Gasteiger partial charge in [0.25, 0.3) is 5.91 Å². The molecule has 1 heterocycles. The Kier molecular flexibility index (Phi) is 5.35. The molecule has 120 valence electrons. The summed E-state index contributed by atoms with van der Waals surface area (Å²) in [5.74, 6) is -0.570. The average molecular weight is 306 g/mol. The highest BCUT2D eigenvalue weighted by atomic mass is 16.4. The standard InChI is InChI=1S/C16H22N2O4/c1-18(2)16(21)13-10-22-15(17-13)12(9-14(19)20)8-4-7-11-5-3-6-11/h4,7,10-12H,3,5-6,8-9H2,1-2H3,(H,19,20)/b7-4-/t12-/m1/s1. The molecule has 22 heavy (non-hydrogen) atoms. The maximum Gasteiger partial charge on any atom is 0.304 e. The number of allylic oxidation sites excluding steroid dienone is 2. The van der Waals surface area contributed by atoms with Crippen LogP contribution in [0.1, 0.15) is 54.4 Å². The molecule has 0 unspecified atom stereocenters. The smallest absolute Gasteiger partial charge is 0.304 e. The molecule has 1 aliphatic carbocycles. The van der Waals surface area contributed by atoms with Gasteiger partial charge in [0.15, 0.2) is 11.6 Å². The molecule has 1 saturated carbocycles. The molecular weight excluding hydrogens is 284 g/mol. The van der Waals surface area contributed by atoms with Gasteiger partial charge in [0, 0.05) is 20.0 Å². The Labute approximate surface area is 129 Å². The minimum absolute atomic E-state index is 0.0644. The first-order valence-electron chi connectivity index (χ1n) is 7.53. The molecule has 0 aromatic carbocycles. The molecule has 1 aromatic rings. The van der Waals surface area contributed by atoms with Crippen molar-refractivity contribution in [3.63, 3.8) is 0 Å². The number of aromatic nitrogens is 1. The van der Waals surface area contributed by atoms with Crippen LogP contribution in [-0.2, 0) is 4.79 Å². The topological polar surface area (TPSA) is 83.6 Å². The van der Waals surface area contributed by atoms with E-state index in [0.717, 1.165) is 0 Å². The minimum Gasteiger partial charge on any atom is -0.481 e. The van der Waals surface area contributed by atoms with E-state index in [1.807, 2.05) is 6.08 Å². The number of aliphatic carboxylic acids is 1. The number of oxazole rings is 1. The third kappa shape index (κ3) is 4.19. The van der Waals surface area contributed by atoms with E-state index in [1.165, 1.54) is 30.4 Å². The van der Waals surface area contributed by atoms with Crippen LogP contribution in [0, 0.1) is 5.92 Å². The Bertz CT molecular complexity index is 558. The molecule has 1 atom stereocenters. The second-order valence-corrected chi connectivity index (χ2v) is 5.92. The number of hydrogen-bond acceptors (Lipinski definition) is 4. The summed E-state index contributed by atoms with van der Waals surface area (Å²) in [7, 11) is 3.26. The quantitative estimate of drug-likeness (QED) is 0.783. The molecule has 1 aromatic heterocycles. The zero-order valence-corrected chi connectivity index (χ0v) is 13.0. The van der Waals surface area contributed by atoms with Crippen molar-refractivity contribution in [3.05, 3.63) is 30.0 Å². The number of hydrogen-bond donors (Lipinski definition) is 1. The summed E-state index contributed by atoms with van der Waals surface area (Å²) < 4.78 is 5.34. The number of rotatable bonds is 7. The summed E-state index contributed by atoms with van der Waals surface area (Å²) in [4.78, 5) is 28.4. The number of amides is 1. The Morgan fingerprint density at radius 1 is 1.50 bits per heavy atom. The van der Waals surface area contributed by atoms with Crippen molar-refractivity contribution >= 4 is 11.9 Å². The van der Waals surface area contributed by atoms with Gasteiger partial charge in [0.1, 0.15) is 6.26 Å². The molecule has 2 rings (SSSR count). The number of carbonyl (C=O) groups is 2. The number of nitrogens with zero attached hydrogens (tertiary/aromatic N) is 2. The van der Waals surface area contributed by atoms with Crippen molar-refractivity contribution in [1.29, 1.82) is 0 Å². The fourth-order valence-electron chi connectivity index (χ4n) is 2.35. The Balaban J connectivity index is 2.05. The molecule has 0 radical (unpaired) electrons. The highest BCUT2D eigenvalue weighted by Gasteiger charge is 2.23. The van der Waals surface area contributed by atoms with Gasteiger partial charge in [-0.3, -0.25) is 9.59 Å². The predicted molar refractivity (Wildman–Crippen MR) is 80.6 cm³/mol. The normalized spacial score (nSPS) is 16.5. The first-order chi connectivity index (χ1) is 10.5. The van der Waals surface area contributed by atoms with Crippen molar-refractivity contribution in [2.45, 2.75) is 38.0 Å². The van der Waals surface area contributed by atoms with E-state index in [9.17, 15) is 9.59 Å². The van der Waals surface area contributed by atoms with Crippen molar-refractivity contribution in [3.8, 4) is 0 Å². The lowest BCUT2D eigenvalue weighted by Gasteiger charge is -2.21. The third-order valence-electron chi connectivity index (χ3n) is 3.90. The van der Waals surface area contributed by atoms with Crippen LogP contribution < -0.4 is 0 Å². The van der Waals surface area contributed by atoms with Crippen LogP contribution in [-0.4, -0.2) is 41.0 Å². The van der Waals surface area contributed by atoms with E-state index in [2.05, 4.69) is 11.1 Å². The summed E-state index contributed by atoms with van der Waals surface area (Å²) in [6.45, 7) is 0. The van der Waals surface area contributed by atoms with Crippen LogP contribution in [0.3, 0.4) is 0 Å². The van der Waals surface area contributed by atoms with Gasteiger partial charge in [-0.25, -0.2) is 4.98 Å². The van der Waals surface area contributed by atoms with Gasteiger partial charge in [0.05, 0.1) is 6.42 Å². The Hall–Kier alpha value is -2.11. The summed E-state index contributed by atoms with van der Waals surface area (Å²) >= 11 is 0. The number of carboxylic acids is 1. The highest BCUT2D eigenvalue weighted by molar-refractivity contribution is 5.91. The van der Waals surface area contributed by atoms with E-state index < -0.39 is 5.97 Å². The fraction of sp³-hybridized carbons (Fsp3) is 0.562. The molecule has 6 nitrogen and oxygen atoms in total. The molecule has 0 bridgehead atoms. The van der Waals surface area contributed by atoms with E-state index in [1.54, 1.807) is 14.1 Å². The minimum atomic E-state index is -0.902. The molecule has 1 fully saturated rings. The Morgan fingerprint density at radius 3 is 2.77 bits per heavy atom. The summed E-state index contributed by atoms with van der Waals surface area (Å²) in [5.41, 5.74) is 0.207. The van der Waals surface area contributed by atoms with Crippen LogP contribution in [0.15, 0.2) is 22.8 Å².